The van der Waals surface area contributed by atoms with Crippen LogP contribution in [0.4, 0.5) is 4.79 Å². The van der Waals surface area contributed by atoms with Gasteiger partial charge in [-0.25, -0.2) is 10.2 Å². The van der Waals surface area contributed by atoms with Gasteiger partial charge in [-0.05, 0) is 6.42 Å². The quantitative estimate of drug-likeness (QED) is 0.503. The lowest BCUT2D eigenvalue weighted by atomic mass is 10.4. The second-order valence-electron chi connectivity index (χ2n) is 1.96. The summed E-state index contributed by atoms with van der Waals surface area (Å²) in [6.07, 6.45) is 1.02. The molecule has 0 bridgehead atoms. The highest BCUT2D eigenvalue weighted by Crippen LogP contribution is 1.92. The fraction of sp³-hybridized carbons (Fsp3) is 0.800. The molecule has 52 valence electrons. The number of hydrogen-bond donors (Lipinski definition) is 2. The maximum atomic E-state index is 10.8. The van der Waals surface area contributed by atoms with E-state index in [1.165, 1.54) is 0 Å². The van der Waals surface area contributed by atoms with Crippen molar-refractivity contribution in [3.8, 4) is 0 Å². The molecule has 0 aliphatic carbocycles. The van der Waals surface area contributed by atoms with E-state index in [2.05, 4.69) is 10.7 Å². The number of hydrazine groups is 1. The molecule has 4 heteroatoms. The SMILES string of the molecule is CNN1CCCNC1=O. The monoisotopic (exact) mass is 129 g/mol. The van der Waals surface area contributed by atoms with E-state index < -0.39 is 0 Å². The van der Waals surface area contributed by atoms with Gasteiger partial charge in [-0.3, -0.25) is 5.01 Å². The standard InChI is InChI=1S/C5H11N3O/c1-6-8-4-2-3-7-5(8)9/h6H,2-4H2,1H3,(H,7,9). The lowest BCUT2D eigenvalue weighted by Gasteiger charge is -2.25. The fourth-order valence-electron chi connectivity index (χ4n) is 0.843. The van der Waals surface area contributed by atoms with Crippen LogP contribution in [0.25, 0.3) is 0 Å². The van der Waals surface area contributed by atoms with Crippen molar-refractivity contribution in [2.45, 2.75) is 6.42 Å². The Morgan fingerprint density at radius 2 is 2.56 bits per heavy atom. The van der Waals surface area contributed by atoms with Gasteiger partial charge in [0.25, 0.3) is 0 Å². The van der Waals surface area contributed by atoms with E-state index in [-0.39, 0.29) is 6.03 Å². The van der Waals surface area contributed by atoms with Crippen LogP contribution in [0.15, 0.2) is 0 Å². The summed E-state index contributed by atoms with van der Waals surface area (Å²) in [7, 11) is 1.74. The Morgan fingerprint density at radius 1 is 1.78 bits per heavy atom. The van der Waals surface area contributed by atoms with Crippen molar-refractivity contribution in [3.05, 3.63) is 0 Å². The maximum Gasteiger partial charge on any atom is 0.331 e. The Balaban J connectivity index is 2.39. The molecule has 0 aromatic rings. The van der Waals surface area contributed by atoms with Crippen molar-refractivity contribution >= 4 is 6.03 Å². The van der Waals surface area contributed by atoms with Crippen LogP contribution in [-0.2, 0) is 0 Å². The number of rotatable bonds is 1. The molecule has 0 aromatic heterocycles. The van der Waals surface area contributed by atoms with E-state index in [1.807, 2.05) is 0 Å². The van der Waals surface area contributed by atoms with Crippen molar-refractivity contribution in [2.24, 2.45) is 0 Å². The molecule has 1 heterocycles. The largest absolute Gasteiger partial charge is 0.337 e. The minimum atomic E-state index is -0.0243. The van der Waals surface area contributed by atoms with Gasteiger partial charge in [0.05, 0.1) is 0 Å². The number of urea groups is 1. The van der Waals surface area contributed by atoms with Crippen LogP contribution >= 0.6 is 0 Å². The second kappa shape index (κ2) is 2.68. The van der Waals surface area contributed by atoms with Crippen LogP contribution < -0.4 is 10.7 Å². The van der Waals surface area contributed by atoms with E-state index in [0.29, 0.717) is 0 Å². The van der Waals surface area contributed by atoms with E-state index in [1.54, 1.807) is 12.1 Å². The zero-order chi connectivity index (χ0) is 6.69. The number of hydrogen-bond acceptors (Lipinski definition) is 2. The van der Waals surface area contributed by atoms with Crippen LogP contribution in [0, 0.1) is 0 Å². The smallest absolute Gasteiger partial charge is 0.331 e. The molecule has 0 unspecified atom stereocenters. The van der Waals surface area contributed by atoms with Crippen molar-refractivity contribution in [3.63, 3.8) is 0 Å². The van der Waals surface area contributed by atoms with Crippen LogP contribution in [0.3, 0.4) is 0 Å². The minimum absolute atomic E-state index is 0.0243. The van der Waals surface area contributed by atoms with Gasteiger partial charge < -0.3 is 5.32 Å². The summed E-state index contributed by atoms with van der Waals surface area (Å²) in [4.78, 5) is 10.8. The highest BCUT2D eigenvalue weighted by atomic mass is 16.2. The summed E-state index contributed by atoms with van der Waals surface area (Å²) in [6.45, 7) is 1.61. The zero-order valence-electron chi connectivity index (χ0n) is 5.48. The van der Waals surface area contributed by atoms with Crippen LogP contribution in [0.2, 0.25) is 0 Å². The van der Waals surface area contributed by atoms with Gasteiger partial charge in [-0.2, -0.15) is 0 Å². The maximum absolute atomic E-state index is 10.8. The summed E-state index contributed by atoms with van der Waals surface area (Å²) in [6, 6.07) is -0.0243. The van der Waals surface area contributed by atoms with Crippen LogP contribution in [-0.4, -0.2) is 31.2 Å². The topological polar surface area (TPSA) is 44.4 Å². The van der Waals surface area contributed by atoms with Crippen molar-refractivity contribution < 1.29 is 4.79 Å². The molecule has 0 atom stereocenters. The predicted molar refractivity (Wildman–Crippen MR) is 33.8 cm³/mol. The van der Waals surface area contributed by atoms with Crippen molar-refractivity contribution in [1.82, 2.24) is 15.8 Å². The molecule has 2 amide bonds. The molecule has 9 heavy (non-hydrogen) atoms. The van der Waals surface area contributed by atoms with Gasteiger partial charge in [-0.1, -0.05) is 0 Å². The average Bonchev–Trinajstić information content (AvgIpc) is 1.89. The highest BCUT2D eigenvalue weighted by Gasteiger charge is 2.14. The Hall–Kier alpha value is -0.770. The number of carbonyl (C=O) groups excluding carboxylic acids is 1. The first kappa shape index (κ1) is 6.35. The molecule has 0 aromatic carbocycles. The molecule has 1 rings (SSSR count). The second-order valence-corrected chi connectivity index (χ2v) is 1.96. The summed E-state index contributed by atoms with van der Waals surface area (Å²) in [5, 5.41) is 4.27. The fourth-order valence-corrected chi connectivity index (χ4v) is 0.843. The molecule has 0 saturated carbocycles. The molecular formula is C5H11N3O. The van der Waals surface area contributed by atoms with Gasteiger partial charge >= 0.3 is 6.03 Å². The number of nitrogens with one attached hydrogen (secondary N) is 2. The Morgan fingerprint density at radius 3 is 3.00 bits per heavy atom. The summed E-state index contributed by atoms with van der Waals surface area (Å²) in [5.74, 6) is 0. The molecular weight excluding hydrogens is 118 g/mol. The summed E-state index contributed by atoms with van der Waals surface area (Å²) < 4.78 is 0. The Kier molecular flexibility index (Phi) is 1.89. The highest BCUT2D eigenvalue weighted by molar-refractivity contribution is 5.74. The van der Waals surface area contributed by atoms with Gasteiger partial charge in [0.2, 0.25) is 0 Å². The molecule has 1 fully saturated rings. The molecule has 1 aliphatic heterocycles. The number of carbonyl (C=O) groups is 1. The minimum Gasteiger partial charge on any atom is -0.337 e. The molecule has 0 spiro atoms. The van der Waals surface area contributed by atoms with Gasteiger partial charge in [0, 0.05) is 20.1 Å². The molecule has 1 saturated heterocycles. The number of nitrogens with zero attached hydrogens (tertiary/aromatic N) is 1. The van der Waals surface area contributed by atoms with Crippen LogP contribution in [0.5, 0.6) is 0 Å². The van der Waals surface area contributed by atoms with Crippen molar-refractivity contribution in [1.29, 1.82) is 0 Å². The molecule has 1 aliphatic rings. The summed E-state index contributed by atoms with van der Waals surface area (Å²) in [5.41, 5.74) is 2.77. The Bertz CT molecular complexity index is 115. The normalized spacial score (nSPS) is 19.7. The van der Waals surface area contributed by atoms with Gasteiger partial charge in [0.15, 0.2) is 0 Å². The van der Waals surface area contributed by atoms with Crippen LogP contribution in [0.1, 0.15) is 6.42 Å². The third kappa shape index (κ3) is 1.32. The van der Waals surface area contributed by atoms with E-state index in [9.17, 15) is 4.79 Å². The number of amides is 2. The van der Waals surface area contributed by atoms with Gasteiger partial charge in [-0.15, -0.1) is 0 Å². The zero-order valence-corrected chi connectivity index (χ0v) is 5.48. The lowest BCUT2D eigenvalue weighted by molar-refractivity contribution is 0.164. The predicted octanol–water partition coefficient (Wildman–Crippen LogP) is -0.464. The molecule has 0 radical (unpaired) electrons. The first-order valence-corrected chi connectivity index (χ1v) is 3.07. The molecule has 4 nitrogen and oxygen atoms in total. The van der Waals surface area contributed by atoms with E-state index >= 15 is 0 Å². The van der Waals surface area contributed by atoms with Gasteiger partial charge in [0.1, 0.15) is 0 Å². The molecule has 2 N–H and O–H groups in total. The van der Waals surface area contributed by atoms with E-state index in [4.69, 9.17) is 0 Å². The first-order chi connectivity index (χ1) is 4.34. The third-order valence-corrected chi connectivity index (χ3v) is 1.35. The first-order valence-electron chi connectivity index (χ1n) is 3.07. The lowest BCUT2D eigenvalue weighted by Crippen LogP contribution is -2.51. The Labute approximate surface area is 54.2 Å². The summed E-state index contributed by atoms with van der Waals surface area (Å²) >= 11 is 0. The third-order valence-electron chi connectivity index (χ3n) is 1.35. The average molecular weight is 129 g/mol. The van der Waals surface area contributed by atoms with Crippen molar-refractivity contribution in [2.75, 3.05) is 20.1 Å². The van der Waals surface area contributed by atoms with E-state index in [0.717, 1.165) is 19.5 Å².